The molecule has 1 N–H and O–H groups in total. The number of carbonyl (C=O) groups excluding carboxylic acids is 1. The molecule has 0 aromatic carbocycles. The third-order valence-corrected chi connectivity index (χ3v) is 11.6. The fourth-order valence-corrected chi connectivity index (χ4v) is 8.34. The molecule has 0 saturated carbocycles. The molecule has 208 valence electrons. The lowest BCUT2D eigenvalue weighted by atomic mass is 9.69. The number of fused-ring (bicyclic) bond motifs is 1. The first-order valence-electron chi connectivity index (χ1n) is 13.9. The summed E-state index contributed by atoms with van der Waals surface area (Å²) < 4.78 is 8.02. The number of anilines is 1. The standard InChI is InChI=1S/C29H37N5O2S3/c1-5-21-12-18(16-37-21)26-32-33-28(34(26)15-20-8-7-11-36-20)38-17-25(35)31-27-23(14-30)22-10-9-19(13-24(22)39-27)29(3,4)6-2/h12,16,19-20H,5-11,13,15,17H2,1-4H3,(H,31,35). The molecule has 0 spiro atoms. The van der Waals surface area contributed by atoms with Crippen LogP contribution in [-0.4, -0.2) is 39.1 Å². The van der Waals surface area contributed by atoms with Gasteiger partial charge in [0.1, 0.15) is 11.1 Å². The number of ether oxygens (including phenoxy) is 1. The van der Waals surface area contributed by atoms with Gasteiger partial charge in [0, 0.05) is 27.3 Å². The zero-order valence-electron chi connectivity index (χ0n) is 23.2. The van der Waals surface area contributed by atoms with Crippen molar-refractivity contribution in [1.82, 2.24) is 14.8 Å². The molecule has 39 heavy (non-hydrogen) atoms. The zero-order chi connectivity index (χ0) is 27.6. The van der Waals surface area contributed by atoms with Crippen LogP contribution in [0.15, 0.2) is 16.6 Å². The van der Waals surface area contributed by atoms with E-state index in [1.54, 1.807) is 22.7 Å². The maximum atomic E-state index is 13.1. The van der Waals surface area contributed by atoms with Gasteiger partial charge in [0.2, 0.25) is 5.91 Å². The van der Waals surface area contributed by atoms with Crippen LogP contribution in [0.5, 0.6) is 0 Å². The topological polar surface area (TPSA) is 92.8 Å². The number of rotatable bonds is 10. The molecule has 7 nitrogen and oxygen atoms in total. The summed E-state index contributed by atoms with van der Waals surface area (Å²) >= 11 is 4.71. The minimum atomic E-state index is -0.127. The van der Waals surface area contributed by atoms with E-state index in [1.807, 2.05) is 0 Å². The first kappa shape index (κ1) is 28.3. The van der Waals surface area contributed by atoms with E-state index in [0.29, 0.717) is 23.0 Å². The van der Waals surface area contributed by atoms with Crippen molar-refractivity contribution in [3.63, 3.8) is 0 Å². The van der Waals surface area contributed by atoms with Crippen molar-refractivity contribution >= 4 is 45.3 Å². The third-order valence-electron chi connectivity index (χ3n) is 8.37. The molecule has 1 amide bonds. The number of nitriles is 1. The van der Waals surface area contributed by atoms with Crippen molar-refractivity contribution in [2.24, 2.45) is 11.3 Å². The van der Waals surface area contributed by atoms with E-state index >= 15 is 0 Å². The lowest BCUT2D eigenvalue weighted by Gasteiger charge is -2.36. The summed E-state index contributed by atoms with van der Waals surface area (Å²) in [5.74, 6) is 1.50. The Morgan fingerprint density at radius 3 is 2.87 bits per heavy atom. The fraction of sp³-hybridized carbons (Fsp3) is 0.586. The molecule has 4 heterocycles. The molecule has 5 rings (SSSR count). The Morgan fingerprint density at radius 1 is 1.33 bits per heavy atom. The molecule has 0 radical (unpaired) electrons. The average molecular weight is 584 g/mol. The van der Waals surface area contributed by atoms with Gasteiger partial charge in [0.05, 0.1) is 24.0 Å². The molecule has 3 aromatic heterocycles. The number of thiophene rings is 2. The molecule has 2 aliphatic rings. The first-order valence-corrected chi connectivity index (χ1v) is 16.6. The number of hydrogen-bond acceptors (Lipinski definition) is 8. The van der Waals surface area contributed by atoms with Crippen LogP contribution in [0.2, 0.25) is 0 Å². The molecule has 10 heteroatoms. The number of carbonyl (C=O) groups is 1. The van der Waals surface area contributed by atoms with Crippen LogP contribution in [-0.2, 0) is 35.3 Å². The Morgan fingerprint density at radius 2 is 2.18 bits per heavy atom. The fourth-order valence-electron chi connectivity index (χ4n) is 5.49. The number of aromatic nitrogens is 3. The second kappa shape index (κ2) is 12.1. The summed E-state index contributed by atoms with van der Waals surface area (Å²) in [5, 5.41) is 25.5. The van der Waals surface area contributed by atoms with Gasteiger partial charge in [-0.1, -0.05) is 45.9 Å². The highest BCUT2D eigenvalue weighted by Crippen LogP contribution is 2.45. The van der Waals surface area contributed by atoms with Crippen molar-refractivity contribution in [2.75, 3.05) is 17.7 Å². The molecule has 1 fully saturated rings. The lowest BCUT2D eigenvalue weighted by molar-refractivity contribution is -0.113. The highest BCUT2D eigenvalue weighted by atomic mass is 32.2. The van der Waals surface area contributed by atoms with Gasteiger partial charge < -0.3 is 10.1 Å². The summed E-state index contributed by atoms with van der Waals surface area (Å²) in [6.07, 6.45) is 7.32. The second-order valence-corrected chi connectivity index (χ2v) is 14.2. The number of aryl methyl sites for hydroxylation is 1. The van der Waals surface area contributed by atoms with Gasteiger partial charge in [-0.15, -0.1) is 32.9 Å². The van der Waals surface area contributed by atoms with Crippen LogP contribution in [0.4, 0.5) is 5.00 Å². The van der Waals surface area contributed by atoms with E-state index in [4.69, 9.17) is 4.74 Å². The Hall–Kier alpha value is -2.19. The molecular weight excluding hydrogens is 547 g/mol. The van der Waals surface area contributed by atoms with Crippen LogP contribution in [0.3, 0.4) is 0 Å². The van der Waals surface area contributed by atoms with E-state index in [2.05, 4.69) is 65.3 Å². The largest absolute Gasteiger partial charge is 0.376 e. The van der Waals surface area contributed by atoms with Crippen molar-refractivity contribution in [3.05, 3.63) is 32.3 Å². The summed E-state index contributed by atoms with van der Waals surface area (Å²) in [6, 6.07) is 4.55. The molecule has 1 aliphatic carbocycles. The molecule has 1 aliphatic heterocycles. The minimum absolute atomic E-state index is 0.127. The average Bonchev–Trinajstić information content (AvgIpc) is 3.73. The van der Waals surface area contributed by atoms with E-state index in [9.17, 15) is 10.1 Å². The van der Waals surface area contributed by atoms with E-state index < -0.39 is 0 Å². The molecule has 2 unspecified atom stereocenters. The van der Waals surface area contributed by atoms with Crippen LogP contribution >= 0.6 is 34.4 Å². The molecule has 0 bridgehead atoms. The molecule has 2 atom stereocenters. The second-order valence-electron chi connectivity index (χ2n) is 11.1. The van der Waals surface area contributed by atoms with Crippen molar-refractivity contribution in [2.45, 2.75) is 90.4 Å². The Bertz CT molecular complexity index is 1360. The predicted octanol–water partition coefficient (Wildman–Crippen LogP) is 6.95. The highest BCUT2D eigenvalue weighted by Gasteiger charge is 2.34. The smallest absolute Gasteiger partial charge is 0.235 e. The monoisotopic (exact) mass is 583 g/mol. The Labute approximate surface area is 243 Å². The van der Waals surface area contributed by atoms with Gasteiger partial charge >= 0.3 is 0 Å². The quantitative estimate of drug-likeness (QED) is 0.260. The summed E-state index contributed by atoms with van der Waals surface area (Å²) in [5.41, 5.74) is 3.12. The van der Waals surface area contributed by atoms with Crippen LogP contribution < -0.4 is 5.32 Å². The first-order chi connectivity index (χ1) is 18.8. The maximum Gasteiger partial charge on any atom is 0.235 e. The predicted molar refractivity (Wildman–Crippen MR) is 160 cm³/mol. The van der Waals surface area contributed by atoms with Gasteiger partial charge in [0.25, 0.3) is 0 Å². The van der Waals surface area contributed by atoms with E-state index in [-0.39, 0.29) is 23.2 Å². The van der Waals surface area contributed by atoms with Gasteiger partial charge in [-0.05, 0) is 61.5 Å². The van der Waals surface area contributed by atoms with E-state index in [0.717, 1.165) is 73.7 Å². The number of nitrogens with zero attached hydrogens (tertiary/aromatic N) is 4. The summed E-state index contributed by atoms with van der Waals surface area (Å²) in [4.78, 5) is 15.7. The van der Waals surface area contributed by atoms with Crippen molar-refractivity contribution in [3.8, 4) is 17.5 Å². The number of hydrogen-bond donors (Lipinski definition) is 1. The highest BCUT2D eigenvalue weighted by molar-refractivity contribution is 7.99. The molecule has 3 aromatic rings. The number of amides is 1. The van der Waals surface area contributed by atoms with Gasteiger partial charge in [-0.3, -0.25) is 9.36 Å². The summed E-state index contributed by atoms with van der Waals surface area (Å²) in [6.45, 7) is 10.5. The van der Waals surface area contributed by atoms with Gasteiger partial charge in [0.15, 0.2) is 11.0 Å². The number of thioether (sulfide) groups is 1. The van der Waals surface area contributed by atoms with Crippen molar-refractivity contribution in [1.29, 1.82) is 5.26 Å². The van der Waals surface area contributed by atoms with Crippen LogP contribution in [0.25, 0.3) is 11.4 Å². The SMILES string of the molecule is CCc1cc(-c2nnc(SCC(=O)Nc3sc4c(c3C#N)CCC(C(C)(C)CC)C4)n2CC2CCCO2)cs1. The molecular formula is C29H37N5O2S3. The van der Waals surface area contributed by atoms with E-state index in [1.165, 1.54) is 21.5 Å². The number of nitrogens with one attached hydrogen (secondary N) is 1. The lowest BCUT2D eigenvalue weighted by Crippen LogP contribution is -2.28. The minimum Gasteiger partial charge on any atom is -0.376 e. The van der Waals surface area contributed by atoms with Gasteiger partial charge in [-0.25, -0.2) is 0 Å². The summed E-state index contributed by atoms with van der Waals surface area (Å²) in [7, 11) is 0. The third kappa shape index (κ3) is 6.12. The van der Waals surface area contributed by atoms with Crippen LogP contribution in [0, 0.1) is 22.7 Å². The van der Waals surface area contributed by atoms with Gasteiger partial charge in [-0.2, -0.15) is 5.26 Å². The normalized spacial score (nSPS) is 19.2. The zero-order valence-corrected chi connectivity index (χ0v) is 25.7. The molecule has 1 saturated heterocycles. The Kier molecular flexibility index (Phi) is 8.82. The van der Waals surface area contributed by atoms with Crippen LogP contribution in [0.1, 0.15) is 74.3 Å². The maximum absolute atomic E-state index is 13.1. The van der Waals surface area contributed by atoms with Crippen molar-refractivity contribution < 1.29 is 9.53 Å². The Balaban J connectivity index is 1.29.